The second-order valence-corrected chi connectivity index (χ2v) is 2.64. The molecule has 1 amide bonds. The monoisotopic (exact) mass is 176 g/mol. The molecule has 1 heterocycles. The van der Waals surface area contributed by atoms with E-state index in [1.54, 1.807) is 24.4 Å². The van der Waals surface area contributed by atoms with E-state index >= 15 is 0 Å². The van der Waals surface area contributed by atoms with Crippen molar-refractivity contribution in [2.24, 2.45) is 10.7 Å². The summed E-state index contributed by atoms with van der Waals surface area (Å²) in [6.45, 7) is 0.440. The molecule has 0 saturated carbocycles. The van der Waals surface area contributed by atoms with Gasteiger partial charge in [-0.3, -0.25) is 9.79 Å². The predicted molar refractivity (Wildman–Crippen MR) is 48.6 cm³/mol. The molecule has 0 radical (unpaired) electrons. The molecule has 0 aromatic heterocycles. The second kappa shape index (κ2) is 2.90. The van der Waals surface area contributed by atoms with Crippen molar-refractivity contribution in [3.8, 4) is 5.75 Å². The number of hydrogen-bond acceptors (Lipinski definition) is 3. The Hall–Kier alpha value is -1.84. The van der Waals surface area contributed by atoms with Crippen LogP contribution in [0.3, 0.4) is 0 Å². The van der Waals surface area contributed by atoms with Gasteiger partial charge in [-0.15, -0.1) is 0 Å². The Kier molecular flexibility index (Phi) is 1.73. The van der Waals surface area contributed by atoms with E-state index < -0.39 is 5.91 Å². The van der Waals surface area contributed by atoms with E-state index in [9.17, 15) is 4.79 Å². The maximum Gasteiger partial charge on any atom is 0.251 e. The molecule has 1 aliphatic rings. The summed E-state index contributed by atoms with van der Waals surface area (Å²) < 4.78 is 5.26. The molecule has 66 valence electrons. The standard InChI is InChI=1S/C9H8N2O2/c10-9(12)6-2-1-3-7-8(6)11-4-5-13-7/h1-4H,5H2,(H2,10,12). The van der Waals surface area contributed by atoms with Crippen LogP contribution in [0.15, 0.2) is 23.2 Å². The minimum atomic E-state index is -0.487. The fraction of sp³-hybridized carbons (Fsp3) is 0.111. The van der Waals surface area contributed by atoms with Crippen LogP contribution in [0.25, 0.3) is 0 Å². The highest BCUT2D eigenvalue weighted by molar-refractivity contribution is 6.00. The molecule has 4 heteroatoms. The molecule has 0 spiro atoms. The SMILES string of the molecule is NC(=O)c1cccc2c1N=CCO2. The first-order valence-corrected chi connectivity index (χ1v) is 3.87. The Morgan fingerprint density at radius 1 is 1.54 bits per heavy atom. The number of para-hydroxylation sites is 1. The fourth-order valence-electron chi connectivity index (χ4n) is 1.23. The van der Waals surface area contributed by atoms with Crippen LogP contribution in [0.2, 0.25) is 0 Å². The van der Waals surface area contributed by atoms with E-state index in [0.29, 0.717) is 23.6 Å². The lowest BCUT2D eigenvalue weighted by Crippen LogP contribution is -2.13. The van der Waals surface area contributed by atoms with Gasteiger partial charge in [0.1, 0.15) is 18.0 Å². The molecule has 0 fully saturated rings. The van der Waals surface area contributed by atoms with Crippen LogP contribution in [0.5, 0.6) is 5.75 Å². The Morgan fingerprint density at radius 2 is 2.38 bits per heavy atom. The average Bonchev–Trinajstić information content (AvgIpc) is 2.17. The van der Waals surface area contributed by atoms with Crippen molar-refractivity contribution < 1.29 is 9.53 Å². The number of carbonyl (C=O) groups is 1. The van der Waals surface area contributed by atoms with Crippen molar-refractivity contribution in [3.63, 3.8) is 0 Å². The zero-order chi connectivity index (χ0) is 9.26. The molecule has 0 unspecified atom stereocenters. The van der Waals surface area contributed by atoms with E-state index in [0.717, 1.165) is 0 Å². The van der Waals surface area contributed by atoms with Crippen molar-refractivity contribution in [2.45, 2.75) is 0 Å². The maximum atomic E-state index is 11.0. The number of carbonyl (C=O) groups excluding carboxylic acids is 1. The first-order valence-electron chi connectivity index (χ1n) is 3.87. The largest absolute Gasteiger partial charge is 0.486 e. The summed E-state index contributed by atoms with van der Waals surface area (Å²) in [5.74, 6) is 0.123. The summed E-state index contributed by atoms with van der Waals surface area (Å²) in [4.78, 5) is 15.0. The zero-order valence-corrected chi connectivity index (χ0v) is 6.86. The van der Waals surface area contributed by atoms with Gasteiger partial charge in [0, 0.05) is 6.21 Å². The van der Waals surface area contributed by atoms with Gasteiger partial charge in [-0.1, -0.05) is 6.07 Å². The van der Waals surface area contributed by atoms with Crippen LogP contribution in [0.4, 0.5) is 5.69 Å². The Morgan fingerprint density at radius 3 is 3.15 bits per heavy atom. The molecule has 1 aromatic rings. The molecule has 2 rings (SSSR count). The third kappa shape index (κ3) is 1.26. The Labute approximate surface area is 75.0 Å². The fourth-order valence-corrected chi connectivity index (χ4v) is 1.23. The number of hydrogen-bond donors (Lipinski definition) is 1. The Balaban J connectivity index is 2.60. The predicted octanol–water partition coefficient (Wildman–Crippen LogP) is 0.880. The quantitative estimate of drug-likeness (QED) is 0.690. The lowest BCUT2D eigenvalue weighted by atomic mass is 10.1. The van der Waals surface area contributed by atoms with E-state index in [2.05, 4.69) is 4.99 Å². The van der Waals surface area contributed by atoms with Crippen LogP contribution in [-0.2, 0) is 0 Å². The van der Waals surface area contributed by atoms with Gasteiger partial charge in [0.2, 0.25) is 0 Å². The van der Waals surface area contributed by atoms with Gasteiger partial charge in [-0.25, -0.2) is 0 Å². The number of nitrogens with zero attached hydrogens (tertiary/aromatic N) is 1. The first-order chi connectivity index (χ1) is 6.29. The maximum absolute atomic E-state index is 11.0. The smallest absolute Gasteiger partial charge is 0.251 e. The molecule has 0 bridgehead atoms. The highest BCUT2D eigenvalue weighted by Crippen LogP contribution is 2.32. The van der Waals surface area contributed by atoms with Crippen molar-refractivity contribution in [3.05, 3.63) is 23.8 Å². The summed E-state index contributed by atoms with van der Waals surface area (Å²) in [5, 5.41) is 0. The molecule has 1 aliphatic heterocycles. The van der Waals surface area contributed by atoms with Gasteiger partial charge in [0.15, 0.2) is 0 Å². The molecular formula is C9H8N2O2. The zero-order valence-electron chi connectivity index (χ0n) is 6.86. The summed E-state index contributed by atoms with van der Waals surface area (Å²) in [6, 6.07) is 5.12. The van der Waals surface area contributed by atoms with Crippen molar-refractivity contribution in [2.75, 3.05) is 6.61 Å². The lowest BCUT2D eigenvalue weighted by molar-refractivity contribution is 0.100. The molecule has 2 N–H and O–H groups in total. The van der Waals surface area contributed by atoms with Crippen LogP contribution < -0.4 is 10.5 Å². The number of rotatable bonds is 1. The number of nitrogens with two attached hydrogens (primary N) is 1. The lowest BCUT2D eigenvalue weighted by Gasteiger charge is -2.12. The van der Waals surface area contributed by atoms with Crippen molar-refractivity contribution >= 4 is 17.8 Å². The normalized spacial score (nSPS) is 13.2. The highest BCUT2D eigenvalue weighted by Gasteiger charge is 2.14. The topological polar surface area (TPSA) is 64.7 Å². The number of ether oxygens (including phenoxy) is 1. The van der Waals surface area contributed by atoms with Crippen LogP contribution >= 0.6 is 0 Å². The van der Waals surface area contributed by atoms with E-state index in [-0.39, 0.29) is 0 Å². The van der Waals surface area contributed by atoms with Crippen LogP contribution in [-0.4, -0.2) is 18.7 Å². The first kappa shape index (κ1) is 7.79. The van der Waals surface area contributed by atoms with Gasteiger partial charge >= 0.3 is 0 Å². The number of fused-ring (bicyclic) bond motifs is 1. The summed E-state index contributed by atoms with van der Waals surface area (Å²) >= 11 is 0. The minimum absolute atomic E-state index is 0.397. The summed E-state index contributed by atoms with van der Waals surface area (Å²) in [6.07, 6.45) is 1.61. The van der Waals surface area contributed by atoms with Crippen molar-refractivity contribution in [1.29, 1.82) is 0 Å². The molecule has 0 aliphatic carbocycles. The minimum Gasteiger partial charge on any atom is -0.486 e. The van der Waals surface area contributed by atoms with Crippen LogP contribution in [0.1, 0.15) is 10.4 Å². The second-order valence-electron chi connectivity index (χ2n) is 2.64. The third-order valence-corrected chi connectivity index (χ3v) is 1.80. The van der Waals surface area contributed by atoms with Gasteiger partial charge in [-0.05, 0) is 12.1 Å². The number of primary amides is 1. The Bertz CT molecular complexity index is 385. The number of aliphatic imine (C=N–C) groups is 1. The molecule has 13 heavy (non-hydrogen) atoms. The molecule has 0 atom stereocenters. The van der Waals surface area contributed by atoms with Crippen LogP contribution in [0, 0.1) is 0 Å². The van der Waals surface area contributed by atoms with Gasteiger partial charge < -0.3 is 10.5 Å². The van der Waals surface area contributed by atoms with Crippen molar-refractivity contribution in [1.82, 2.24) is 0 Å². The van der Waals surface area contributed by atoms with E-state index in [1.165, 1.54) is 0 Å². The van der Waals surface area contributed by atoms with Gasteiger partial charge in [-0.2, -0.15) is 0 Å². The number of benzene rings is 1. The average molecular weight is 176 g/mol. The molecule has 1 aromatic carbocycles. The van der Waals surface area contributed by atoms with E-state index in [1.807, 2.05) is 0 Å². The van der Waals surface area contributed by atoms with E-state index in [4.69, 9.17) is 10.5 Å². The highest BCUT2D eigenvalue weighted by atomic mass is 16.5. The number of amides is 1. The summed E-state index contributed by atoms with van der Waals surface area (Å²) in [5.41, 5.74) is 6.10. The molecule has 0 saturated heterocycles. The third-order valence-electron chi connectivity index (χ3n) is 1.80. The van der Waals surface area contributed by atoms with Gasteiger partial charge in [0.25, 0.3) is 5.91 Å². The molecule has 4 nitrogen and oxygen atoms in total. The molecular weight excluding hydrogens is 168 g/mol. The van der Waals surface area contributed by atoms with Gasteiger partial charge in [0.05, 0.1) is 5.56 Å². The summed E-state index contributed by atoms with van der Waals surface area (Å²) in [7, 11) is 0.